The Labute approximate surface area is 143 Å². The van der Waals surface area contributed by atoms with Gasteiger partial charge in [0, 0.05) is 11.4 Å². The predicted molar refractivity (Wildman–Crippen MR) is 95.4 cm³/mol. The highest BCUT2D eigenvalue weighted by atomic mass is 32.3. The van der Waals surface area contributed by atoms with Gasteiger partial charge in [0.2, 0.25) is 0 Å². The summed E-state index contributed by atoms with van der Waals surface area (Å²) < 4.78 is 32.3. The lowest BCUT2D eigenvalue weighted by atomic mass is 10.3. The van der Waals surface area contributed by atoms with E-state index in [1.165, 1.54) is 24.3 Å². The number of rotatable bonds is 8. The van der Waals surface area contributed by atoms with Crippen molar-refractivity contribution in [2.45, 2.75) is 0 Å². The molecule has 0 radical (unpaired) electrons. The van der Waals surface area contributed by atoms with E-state index in [9.17, 15) is 8.42 Å². The minimum absolute atomic E-state index is 0. The minimum atomic E-state index is -4.16. The Kier molecular flexibility index (Phi) is 7.73. The first-order valence-electron chi connectivity index (χ1n) is 6.54. The fourth-order valence-corrected chi connectivity index (χ4v) is 2.04. The zero-order chi connectivity index (χ0) is 16.7. The first-order valence-corrected chi connectivity index (χ1v) is 7.87. The van der Waals surface area contributed by atoms with Crippen molar-refractivity contribution in [2.75, 3.05) is 24.1 Å². The van der Waals surface area contributed by atoms with Gasteiger partial charge in [0.15, 0.2) is 0 Å². The van der Waals surface area contributed by atoms with E-state index in [2.05, 4.69) is 19.0 Å². The molecule has 1 atom stereocenters. The maximum atomic E-state index is 11.5. The highest BCUT2D eigenvalue weighted by Crippen LogP contribution is 2.14. The van der Waals surface area contributed by atoms with Gasteiger partial charge in [0.1, 0.15) is 25.0 Å². The van der Waals surface area contributed by atoms with Crippen molar-refractivity contribution in [3.8, 4) is 11.5 Å². The fourth-order valence-electron chi connectivity index (χ4n) is 1.56. The Morgan fingerprint density at radius 2 is 1.08 bits per heavy atom. The topological polar surface area (TPSA) is 117 Å². The molecule has 1 unspecified atom stereocenters. The summed E-state index contributed by atoms with van der Waals surface area (Å²) in [6.07, 6.45) is 0. The number of anilines is 2. The summed E-state index contributed by atoms with van der Waals surface area (Å²) in [6.45, 7) is -0.626. The van der Waals surface area contributed by atoms with Crippen LogP contribution in [-0.2, 0) is 18.8 Å². The molecule has 0 aromatic heterocycles. The molecule has 0 saturated heterocycles. The van der Waals surface area contributed by atoms with Crippen LogP contribution in [0.3, 0.4) is 0 Å². The van der Waals surface area contributed by atoms with Gasteiger partial charge in [-0.2, -0.15) is 18.3 Å². The number of phenols is 2. The number of phenolic OH excluding ortho intramolecular Hbond substituents is 2. The van der Waals surface area contributed by atoms with E-state index in [0.29, 0.717) is 11.4 Å². The van der Waals surface area contributed by atoms with Crippen LogP contribution < -0.4 is 10.6 Å². The van der Waals surface area contributed by atoms with Crippen molar-refractivity contribution in [1.82, 2.24) is 0 Å². The summed E-state index contributed by atoms with van der Waals surface area (Å²) in [4.78, 5) is 0. The SMILES string of the molecule is O=S(=O)(OCNc1ccc(O)cc1)OCNc1ccc(O)cc1.P. The molecule has 0 bridgehead atoms. The molecule has 0 fully saturated rings. The molecule has 0 saturated carbocycles. The molecule has 2 aromatic carbocycles. The monoisotopic (exact) mass is 374 g/mol. The van der Waals surface area contributed by atoms with Gasteiger partial charge >= 0.3 is 10.4 Å². The molecule has 10 heteroatoms. The molecule has 0 aliphatic rings. The highest BCUT2D eigenvalue weighted by Gasteiger charge is 2.11. The van der Waals surface area contributed by atoms with Crippen molar-refractivity contribution in [2.24, 2.45) is 0 Å². The molecule has 0 amide bonds. The Morgan fingerprint density at radius 1 is 0.750 bits per heavy atom. The van der Waals surface area contributed by atoms with Gasteiger partial charge in [-0.25, -0.2) is 8.37 Å². The molecule has 24 heavy (non-hydrogen) atoms. The molecule has 0 heterocycles. The van der Waals surface area contributed by atoms with Gasteiger partial charge in [-0.1, -0.05) is 0 Å². The molecule has 0 spiro atoms. The molecular formula is C14H19N2O6PS. The molecule has 0 aliphatic heterocycles. The number of aromatic hydroxyl groups is 2. The van der Waals surface area contributed by atoms with E-state index in [4.69, 9.17) is 10.2 Å². The van der Waals surface area contributed by atoms with Crippen molar-refractivity contribution >= 4 is 31.7 Å². The zero-order valence-electron chi connectivity index (χ0n) is 12.7. The van der Waals surface area contributed by atoms with Crippen LogP contribution in [0, 0.1) is 0 Å². The molecule has 132 valence electrons. The van der Waals surface area contributed by atoms with Gasteiger partial charge in [0.05, 0.1) is 0 Å². The Morgan fingerprint density at radius 3 is 1.42 bits per heavy atom. The van der Waals surface area contributed by atoms with Crippen LogP contribution in [0.25, 0.3) is 0 Å². The van der Waals surface area contributed by atoms with Crippen molar-refractivity contribution in [1.29, 1.82) is 0 Å². The summed E-state index contributed by atoms with van der Waals surface area (Å²) in [5, 5.41) is 23.6. The molecule has 2 rings (SSSR count). The smallest absolute Gasteiger partial charge is 0.403 e. The fraction of sp³-hybridized carbons (Fsp3) is 0.143. The lowest BCUT2D eigenvalue weighted by molar-refractivity contribution is 0.236. The van der Waals surface area contributed by atoms with Crippen LogP contribution in [0.2, 0.25) is 0 Å². The van der Waals surface area contributed by atoms with E-state index in [-0.39, 0.29) is 34.9 Å². The lowest BCUT2D eigenvalue weighted by Gasteiger charge is -2.09. The quantitative estimate of drug-likeness (QED) is 0.314. The van der Waals surface area contributed by atoms with Crippen LogP contribution in [-0.4, -0.2) is 32.1 Å². The summed E-state index contributed by atoms with van der Waals surface area (Å²) in [5.74, 6) is 0.209. The second-order valence-corrected chi connectivity index (χ2v) is 5.67. The van der Waals surface area contributed by atoms with Crippen molar-refractivity contribution < 1.29 is 27.0 Å². The predicted octanol–water partition coefficient (Wildman–Crippen LogP) is 1.87. The normalized spacial score (nSPS) is 10.7. The van der Waals surface area contributed by atoms with Crippen LogP contribution in [0.1, 0.15) is 0 Å². The molecule has 4 N–H and O–H groups in total. The first kappa shape index (κ1) is 20.0. The van der Waals surface area contributed by atoms with E-state index >= 15 is 0 Å². The summed E-state index contributed by atoms with van der Waals surface area (Å²) in [6, 6.07) is 12.1. The number of nitrogens with one attached hydrogen (secondary N) is 2. The maximum absolute atomic E-state index is 11.5. The standard InChI is InChI=1S/C14H16N2O6S.H3P/c17-13-5-1-11(2-6-13)15-9-21-23(19,20)22-10-16-12-3-7-14(18)8-4-12;/h1-8,15-18H,9-10H2;1H3. The average Bonchev–Trinajstić information content (AvgIpc) is 2.51. The number of hydrogen-bond acceptors (Lipinski definition) is 8. The third kappa shape index (κ3) is 7.01. The minimum Gasteiger partial charge on any atom is -0.508 e. The van der Waals surface area contributed by atoms with Gasteiger partial charge in [-0.15, -0.1) is 0 Å². The molecule has 8 nitrogen and oxygen atoms in total. The van der Waals surface area contributed by atoms with Crippen LogP contribution >= 0.6 is 9.90 Å². The van der Waals surface area contributed by atoms with Gasteiger partial charge in [-0.3, -0.25) is 0 Å². The maximum Gasteiger partial charge on any atom is 0.403 e. The van der Waals surface area contributed by atoms with Gasteiger partial charge in [-0.05, 0) is 48.5 Å². The largest absolute Gasteiger partial charge is 0.508 e. The Balaban J connectivity index is 0.00000288. The van der Waals surface area contributed by atoms with E-state index in [1.54, 1.807) is 24.3 Å². The van der Waals surface area contributed by atoms with E-state index in [0.717, 1.165) is 0 Å². The lowest BCUT2D eigenvalue weighted by Crippen LogP contribution is -2.18. The van der Waals surface area contributed by atoms with Crippen LogP contribution in [0.15, 0.2) is 48.5 Å². The van der Waals surface area contributed by atoms with Crippen molar-refractivity contribution in [3.05, 3.63) is 48.5 Å². The summed E-state index contributed by atoms with van der Waals surface area (Å²) >= 11 is 0. The van der Waals surface area contributed by atoms with Crippen LogP contribution in [0.4, 0.5) is 11.4 Å². The average molecular weight is 374 g/mol. The third-order valence-corrected chi connectivity index (χ3v) is 3.51. The Hall–Kier alpha value is -2.06. The van der Waals surface area contributed by atoms with Crippen molar-refractivity contribution in [3.63, 3.8) is 0 Å². The van der Waals surface area contributed by atoms with E-state index < -0.39 is 10.4 Å². The Bertz CT molecular complexity index is 664. The molecule has 0 aliphatic carbocycles. The summed E-state index contributed by atoms with van der Waals surface area (Å²) in [7, 11) is -4.16. The second-order valence-electron chi connectivity index (χ2n) is 4.38. The van der Waals surface area contributed by atoms with Gasteiger partial charge in [0.25, 0.3) is 0 Å². The number of benzene rings is 2. The van der Waals surface area contributed by atoms with E-state index in [1.807, 2.05) is 0 Å². The number of hydrogen-bond donors (Lipinski definition) is 4. The molecule has 2 aromatic rings. The van der Waals surface area contributed by atoms with Crippen LogP contribution in [0.5, 0.6) is 11.5 Å². The third-order valence-electron chi connectivity index (χ3n) is 2.69. The molecular weight excluding hydrogens is 355 g/mol. The summed E-state index contributed by atoms with van der Waals surface area (Å²) in [5.41, 5.74) is 1.17. The zero-order valence-corrected chi connectivity index (χ0v) is 14.9. The second kappa shape index (κ2) is 9.29. The highest BCUT2D eigenvalue weighted by molar-refractivity contribution is 7.81. The van der Waals surface area contributed by atoms with Gasteiger partial charge < -0.3 is 20.8 Å². The first-order chi connectivity index (χ1) is 10.9.